The number of hydrogen-bond acceptors (Lipinski definition) is 2. The third-order valence-corrected chi connectivity index (χ3v) is 4.13. The van der Waals surface area contributed by atoms with Crippen molar-refractivity contribution < 1.29 is 14.3 Å². The molecule has 1 aliphatic rings. The van der Waals surface area contributed by atoms with Crippen LogP contribution in [0.3, 0.4) is 0 Å². The summed E-state index contributed by atoms with van der Waals surface area (Å²) < 4.78 is 6.04. The molecule has 0 atom stereocenters. The lowest BCUT2D eigenvalue weighted by molar-refractivity contribution is -0.135. The first-order valence-electron chi connectivity index (χ1n) is 6.52. The van der Waals surface area contributed by atoms with Crippen LogP contribution in [0.25, 0.3) is 17.2 Å². The average Bonchev–Trinajstić information content (AvgIpc) is 3.01. The summed E-state index contributed by atoms with van der Waals surface area (Å²) in [5.74, 6) is -0.820. The predicted molar refractivity (Wildman–Crippen MR) is 85.6 cm³/mol. The van der Waals surface area contributed by atoms with Gasteiger partial charge in [-0.25, -0.2) is 0 Å². The zero-order valence-corrected chi connectivity index (χ0v) is 13.0. The first-order chi connectivity index (χ1) is 10.1. The van der Waals surface area contributed by atoms with Gasteiger partial charge in [0.25, 0.3) is 0 Å². The first-order valence-corrected chi connectivity index (χ1v) is 7.31. The van der Waals surface area contributed by atoms with Crippen LogP contribution in [-0.4, -0.2) is 11.1 Å². The fourth-order valence-corrected chi connectivity index (χ4v) is 3.02. The number of rotatable bonds is 3. The molecule has 0 fully saturated rings. The predicted octanol–water partition coefficient (Wildman–Crippen LogP) is 4.84. The monoisotopic (exact) mass is 344 g/mol. The van der Waals surface area contributed by atoms with Gasteiger partial charge in [0, 0.05) is 10.0 Å². The molecule has 2 aromatic rings. The van der Waals surface area contributed by atoms with E-state index in [1.807, 2.05) is 37.3 Å². The van der Waals surface area contributed by atoms with E-state index in [4.69, 9.17) is 9.52 Å². The third kappa shape index (κ3) is 2.59. The van der Waals surface area contributed by atoms with Crippen LogP contribution in [0.1, 0.15) is 30.0 Å². The van der Waals surface area contributed by atoms with Crippen LogP contribution in [0.2, 0.25) is 0 Å². The largest absolute Gasteiger partial charge is 0.481 e. The van der Waals surface area contributed by atoms with Gasteiger partial charge in [0.15, 0.2) is 0 Å². The minimum atomic E-state index is -0.820. The lowest BCUT2D eigenvalue weighted by Crippen LogP contribution is -1.96. The quantitative estimate of drug-likeness (QED) is 0.866. The van der Waals surface area contributed by atoms with Crippen LogP contribution in [0.5, 0.6) is 0 Å². The molecule has 21 heavy (non-hydrogen) atoms. The van der Waals surface area contributed by atoms with E-state index in [2.05, 4.69) is 15.9 Å². The molecule has 0 unspecified atom stereocenters. The Bertz CT molecular complexity index is 767. The summed E-state index contributed by atoms with van der Waals surface area (Å²) in [6, 6.07) is 7.85. The van der Waals surface area contributed by atoms with Gasteiger partial charge >= 0.3 is 5.97 Å². The van der Waals surface area contributed by atoms with Crippen molar-refractivity contribution in [2.45, 2.75) is 13.3 Å². The number of carboxylic acids is 1. The van der Waals surface area contributed by atoms with Crippen LogP contribution < -0.4 is 0 Å². The van der Waals surface area contributed by atoms with Crippen molar-refractivity contribution in [1.29, 1.82) is 0 Å². The summed E-state index contributed by atoms with van der Waals surface area (Å²) in [5.41, 5.74) is 5.94. The van der Waals surface area contributed by atoms with Crippen molar-refractivity contribution in [2.24, 2.45) is 0 Å². The molecule has 3 rings (SSSR count). The Hall–Kier alpha value is -2.07. The molecule has 3 nitrogen and oxygen atoms in total. The van der Waals surface area contributed by atoms with Crippen molar-refractivity contribution >= 4 is 39.1 Å². The fourth-order valence-electron chi connectivity index (χ4n) is 2.66. The maximum Gasteiger partial charge on any atom is 0.307 e. The standard InChI is InChI=1S/C17H13BrO3/c1-10-14(6-11-4-5-21-9-11)13-3-2-12(18)7-16(13)15(10)8-17(19)20/h2-7,9H,8H2,1H3,(H,19,20)/b14-6-. The summed E-state index contributed by atoms with van der Waals surface area (Å²) in [4.78, 5) is 11.1. The SMILES string of the molecule is CC1=C(CC(=O)O)c2cc(Br)ccc2/C1=C\c1ccoc1. The molecule has 0 bridgehead atoms. The topological polar surface area (TPSA) is 50.4 Å². The maximum absolute atomic E-state index is 11.1. The highest BCUT2D eigenvalue weighted by Gasteiger charge is 2.25. The normalized spacial score (nSPS) is 15.6. The molecular formula is C17H13BrO3. The second kappa shape index (κ2) is 5.37. The lowest BCUT2D eigenvalue weighted by atomic mass is 10.0. The molecule has 1 aliphatic carbocycles. The Morgan fingerprint density at radius 1 is 1.33 bits per heavy atom. The zero-order chi connectivity index (χ0) is 15.0. The number of benzene rings is 1. The van der Waals surface area contributed by atoms with Gasteiger partial charge in [0.05, 0.1) is 18.9 Å². The Balaban J connectivity index is 2.18. The van der Waals surface area contributed by atoms with Gasteiger partial charge in [0.1, 0.15) is 0 Å². The van der Waals surface area contributed by atoms with Crippen molar-refractivity contribution in [3.8, 4) is 0 Å². The molecule has 1 heterocycles. The second-order valence-electron chi connectivity index (χ2n) is 4.98. The Morgan fingerprint density at radius 2 is 2.14 bits per heavy atom. The maximum atomic E-state index is 11.1. The minimum Gasteiger partial charge on any atom is -0.481 e. The third-order valence-electron chi connectivity index (χ3n) is 3.64. The van der Waals surface area contributed by atoms with Crippen molar-refractivity contribution in [1.82, 2.24) is 0 Å². The number of hydrogen-bond donors (Lipinski definition) is 1. The highest BCUT2D eigenvalue weighted by atomic mass is 79.9. The highest BCUT2D eigenvalue weighted by Crippen LogP contribution is 2.44. The van der Waals surface area contributed by atoms with Crippen LogP contribution in [0.4, 0.5) is 0 Å². The Kier molecular flexibility index (Phi) is 3.55. The first kappa shape index (κ1) is 13.9. The molecule has 4 heteroatoms. The van der Waals surface area contributed by atoms with Gasteiger partial charge in [0.2, 0.25) is 0 Å². The Labute approximate surface area is 130 Å². The molecule has 1 aromatic heterocycles. The van der Waals surface area contributed by atoms with E-state index in [-0.39, 0.29) is 6.42 Å². The van der Waals surface area contributed by atoms with Crippen LogP contribution in [0, 0.1) is 0 Å². The van der Waals surface area contributed by atoms with Gasteiger partial charge in [-0.05, 0) is 59.0 Å². The number of furan rings is 1. The van der Waals surface area contributed by atoms with E-state index >= 15 is 0 Å². The summed E-state index contributed by atoms with van der Waals surface area (Å²) in [7, 11) is 0. The van der Waals surface area contributed by atoms with E-state index in [1.54, 1.807) is 12.5 Å². The molecule has 0 saturated carbocycles. The van der Waals surface area contributed by atoms with Gasteiger partial charge in [-0.1, -0.05) is 22.0 Å². The number of aliphatic carboxylic acids is 1. The molecular weight excluding hydrogens is 332 g/mol. The number of carboxylic acid groups (broad SMARTS) is 1. The lowest BCUT2D eigenvalue weighted by Gasteiger charge is -2.04. The van der Waals surface area contributed by atoms with Crippen LogP contribution in [-0.2, 0) is 4.79 Å². The van der Waals surface area contributed by atoms with E-state index in [9.17, 15) is 4.79 Å². The number of allylic oxidation sites excluding steroid dienone is 2. The van der Waals surface area contributed by atoms with Gasteiger partial charge in [-0.15, -0.1) is 0 Å². The molecule has 0 saturated heterocycles. The van der Waals surface area contributed by atoms with Crippen molar-refractivity contribution in [2.75, 3.05) is 0 Å². The van der Waals surface area contributed by atoms with E-state index < -0.39 is 5.97 Å². The van der Waals surface area contributed by atoms with Gasteiger partial charge in [-0.2, -0.15) is 0 Å². The molecule has 106 valence electrons. The summed E-state index contributed by atoms with van der Waals surface area (Å²) in [6.07, 6.45) is 5.35. The van der Waals surface area contributed by atoms with Crippen LogP contribution in [0.15, 0.2) is 51.3 Å². The van der Waals surface area contributed by atoms with E-state index in [0.717, 1.165) is 37.9 Å². The minimum absolute atomic E-state index is 0.0258. The molecule has 0 aliphatic heterocycles. The summed E-state index contributed by atoms with van der Waals surface area (Å²) >= 11 is 3.45. The van der Waals surface area contributed by atoms with Crippen molar-refractivity contribution in [3.05, 3.63) is 63.5 Å². The second-order valence-corrected chi connectivity index (χ2v) is 5.89. The van der Waals surface area contributed by atoms with Gasteiger partial charge in [-0.3, -0.25) is 4.79 Å². The number of halogens is 1. The smallest absolute Gasteiger partial charge is 0.307 e. The molecule has 1 aromatic carbocycles. The van der Waals surface area contributed by atoms with E-state index in [0.29, 0.717) is 0 Å². The number of carbonyl (C=O) groups is 1. The average molecular weight is 345 g/mol. The summed E-state index contributed by atoms with van der Waals surface area (Å²) in [6.45, 7) is 1.97. The number of fused-ring (bicyclic) bond motifs is 1. The molecule has 0 amide bonds. The Morgan fingerprint density at radius 3 is 2.81 bits per heavy atom. The summed E-state index contributed by atoms with van der Waals surface area (Å²) in [5, 5.41) is 9.15. The van der Waals surface area contributed by atoms with Gasteiger partial charge < -0.3 is 9.52 Å². The van der Waals surface area contributed by atoms with Crippen LogP contribution >= 0.6 is 15.9 Å². The highest BCUT2D eigenvalue weighted by molar-refractivity contribution is 9.10. The molecule has 0 spiro atoms. The van der Waals surface area contributed by atoms with Crippen molar-refractivity contribution in [3.63, 3.8) is 0 Å². The zero-order valence-electron chi connectivity index (χ0n) is 11.4. The molecule has 0 radical (unpaired) electrons. The van der Waals surface area contributed by atoms with E-state index in [1.165, 1.54) is 0 Å². The fraction of sp³-hybridized carbons (Fsp3) is 0.118. The molecule has 1 N–H and O–H groups in total.